The van der Waals surface area contributed by atoms with Crippen LogP contribution in [-0.4, -0.2) is 16.1 Å². The molecule has 0 atom stereocenters. The first kappa shape index (κ1) is 11.1. The molecule has 1 aromatic carbocycles. The third-order valence-electron chi connectivity index (χ3n) is 2.10. The Balaban J connectivity index is 2.87. The van der Waals surface area contributed by atoms with E-state index in [2.05, 4.69) is 26.1 Å². The van der Waals surface area contributed by atoms with Gasteiger partial charge in [0.2, 0.25) is 0 Å². The van der Waals surface area contributed by atoms with Crippen LogP contribution in [0.15, 0.2) is 16.6 Å². The summed E-state index contributed by atoms with van der Waals surface area (Å²) >= 11 is 9.17. The maximum Gasteiger partial charge on any atom is 0.271 e. The number of amides is 1. The molecule has 16 heavy (non-hydrogen) atoms. The van der Waals surface area contributed by atoms with Crippen molar-refractivity contribution in [1.29, 1.82) is 0 Å². The van der Waals surface area contributed by atoms with Crippen LogP contribution in [0.4, 0.5) is 5.69 Å². The molecule has 0 bridgehead atoms. The number of carbonyl (C=O) groups excluding carboxylic acids is 1. The van der Waals surface area contributed by atoms with Crippen molar-refractivity contribution in [3.8, 4) is 0 Å². The number of benzene rings is 1. The average Bonchev–Trinajstić information content (AvgIpc) is 2.23. The van der Waals surface area contributed by atoms with Crippen molar-refractivity contribution in [3.63, 3.8) is 0 Å². The van der Waals surface area contributed by atoms with E-state index in [0.29, 0.717) is 20.4 Å². The highest BCUT2D eigenvalue weighted by Crippen LogP contribution is 2.32. The van der Waals surface area contributed by atoms with Gasteiger partial charge in [-0.1, -0.05) is 11.6 Å². The summed E-state index contributed by atoms with van der Waals surface area (Å²) in [6.07, 6.45) is 0. The van der Waals surface area contributed by atoms with Gasteiger partial charge < -0.3 is 11.5 Å². The van der Waals surface area contributed by atoms with E-state index in [1.54, 1.807) is 12.1 Å². The number of fused-ring (bicyclic) bond motifs is 1. The van der Waals surface area contributed by atoms with E-state index in [9.17, 15) is 4.79 Å². The summed E-state index contributed by atoms with van der Waals surface area (Å²) in [5.41, 5.74) is 11.5. The second kappa shape index (κ2) is 3.88. The fourth-order valence-electron chi connectivity index (χ4n) is 1.32. The van der Waals surface area contributed by atoms with Crippen molar-refractivity contribution in [2.45, 2.75) is 0 Å². The molecule has 1 heterocycles. The van der Waals surface area contributed by atoms with Crippen LogP contribution in [-0.2, 0) is 0 Å². The Morgan fingerprint density at radius 3 is 2.69 bits per heavy atom. The zero-order valence-electron chi connectivity index (χ0n) is 7.87. The molecule has 2 aromatic rings. The second-order valence-corrected chi connectivity index (χ2v) is 4.28. The Morgan fingerprint density at radius 2 is 2.06 bits per heavy atom. The lowest BCUT2D eigenvalue weighted by Crippen LogP contribution is -2.16. The van der Waals surface area contributed by atoms with E-state index in [4.69, 9.17) is 23.1 Å². The van der Waals surface area contributed by atoms with Gasteiger partial charge in [-0.05, 0) is 28.1 Å². The summed E-state index contributed by atoms with van der Waals surface area (Å²) in [6.45, 7) is 0. The molecule has 0 aliphatic carbocycles. The van der Waals surface area contributed by atoms with Crippen LogP contribution in [0.5, 0.6) is 0 Å². The van der Waals surface area contributed by atoms with Crippen molar-refractivity contribution in [1.82, 2.24) is 10.2 Å². The largest absolute Gasteiger partial charge is 0.396 e. The third kappa shape index (κ3) is 1.60. The maximum atomic E-state index is 11.0. The van der Waals surface area contributed by atoms with Gasteiger partial charge in [0.25, 0.3) is 5.91 Å². The number of nitrogens with zero attached hydrogens (tertiary/aromatic N) is 2. The van der Waals surface area contributed by atoms with Crippen molar-refractivity contribution in [2.75, 3.05) is 5.73 Å². The summed E-state index contributed by atoms with van der Waals surface area (Å²) < 4.78 is 0.585. The predicted octanol–water partition coefficient (Wildman–Crippen LogP) is 1.73. The summed E-state index contributed by atoms with van der Waals surface area (Å²) in [5, 5.41) is 8.61. The molecule has 2 rings (SSSR count). The molecule has 1 amide bonds. The van der Waals surface area contributed by atoms with Gasteiger partial charge in [-0.25, -0.2) is 0 Å². The first-order valence-corrected chi connectivity index (χ1v) is 5.39. The van der Waals surface area contributed by atoms with E-state index in [1.165, 1.54) is 0 Å². The van der Waals surface area contributed by atoms with Gasteiger partial charge in [0.1, 0.15) is 5.52 Å². The minimum absolute atomic E-state index is 0.0401. The summed E-state index contributed by atoms with van der Waals surface area (Å²) in [5.74, 6) is -0.710. The lowest BCUT2D eigenvalue weighted by Gasteiger charge is -2.06. The highest BCUT2D eigenvalue weighted by molar-refractivity contribution is 9.10. The van der Waals surface area contributed by atoms with E-state index < -0.39 is 5.91 Å². The Labute approximate surface area is 104 Å². The third-order valence-corrected chi connectivity index (χ3v) is 3.44. The Kier molecular flexibility index (Phi) is 2.69. The monoisotopic (exact) mass is 300 g/mol. The number of carbonyl (C=O) groups is 1. The van der Waals surface area contributed by atoms with Gasteiger partial charge in [0.15, 0.2) is 5.69 Å². The van der Waals surface area contributed by atoms with Gasteiger partial charge >= 0.3 is 0 Å². The number of hydrogen-bond acceptors (Lipinski definition) is 4. The molecule has 0 fully saturated rings. The summed E-state index contributed by atoms with van der Waals surface area (Å²) in [7, 11) is 0. The fraction of sp³-hybridized carbons (Fsp3) is 0. The van der Waals surface area contributed by atoms with Crippen LogP contribution in [0.2, 0.25) is 5.02 Å². The number of hydrogen-bond donors (Lipinski definition) is 2. The molecular formula is C9H6BrClN4O. The molecule has 0 aliphatic rings. The zero-order chi connectivity index (χ0) is 11.9. The van der Waals surface area contributed by atoms with Gasteiger partial charge in [-0.2, -0.15) is 0 Å². The average molecular weight is 302 g/mol. The second-order valence-electron chi connectivity index (χ2n) is 3.08. The smallest absolute Gasteiger partial charge is 0.271 e. The molecule has 0 aliphatic heterocycles. The van der Waals surface area contributed by atoms with Gasteiger partial charge in [0.05, 0.1) is 15.2 Å². The van der Waals surface area contributed by atoms with Crippen LogP contribution in [0, 0.1) is 0 Å². The van der Waals surface area contributed by atoms with E-state index in [-0.39, 0.29) is 11.4 Å². The summed E-state index contributed by atoms with van der Waals surface area (Å²) in [6, 6.07) is 3.32. The molecular weight excluding hydrogens is 295 g/mol. The Hall–Kier alpha value is -1.40. The number of primary amides is 1. The molecule has 0 saturated heterocycles. The van der Waals surface area contributed by atoms with Crippen LogP contribution in [0.25, 0.3) is 10.9 Å². The number of anilines is 1. The molecule has 0 radical (unpaired) electrons. The number of nitrogens with two attached hydrogens (primary N) is 2. The SMILES string of the molecule is NC(=O)c1nnc2c(Br)c(Cl)ccc2c1N. The number of nitrogen functional groups attached to an aromatic ring is 1. The van der Waals surface area contributed by atoms with Gasteiger partial charge in [-0.15, -0.1) is 10.2 Å². The quantitative estimate of drug-likeness (QED) is 0.838. The van der Waals surface area contributed by atoms with E-state index in [0.717, 1.165) is 0 Å². The van der Waals surface area contributed by atoms with Gasteiger partial charge in [-0.3, -0.25) is 4.79 Å². The van der Waals surface area contributed by atoms with E-state index in [1.807, 2.05) is 0 Å². The van der Waals surface area contributed by atoms with Crippen LogP contribution < -0.4 is 11.5 Å². The number of halogens is 2. The fourth-order valence-corrected chi connectivity index (χ4v) is 1.90. The highest BCUT2D eigenvalue weighted by Gasteiger charge is 2.14. The first-order chi connectivity index (χ1) is 7.52. The highest BCUT2D eigenvalue weighted by atomic mass is 79.9. The molecule has 1 aromatic heterocycles. The van der Waals surface area contributed by atoms with Crippen molar-refractivity contribution in [3.05, 3.63) is 27.3 Å². The minimum atomic E-state index is -0.710. The molecule has 0 unspecified atom stereocenters. The Bertz CT molecular complexity index is 602. The van der Waals surface area contributed by atoms with Crippen LogP contribution in [0.3, 0.4) is 0 Å². The van der Waals surface area contributed by atoms with Crippen molar-refractivity contribution < 1.29 is 4.79 Å². The Morgan fingerprint density at radius 1 is 1.38 bits per heavy atom. The predicted molar refractivity (Wildman–Crippen MR) is 65.2 cm³/mol. The molecule has 0 saturated carbocycles. The number of aromatic nitrogens is 2. The standard InChI is InChI=1S/C9H6BrClN4O/c10-5-4(11)2-1-3-6(12)8(9(13)16)15-14-7(3)5/h1-2H,(H2,12,14)(H2,13,16). The molecule has 0 spiro atoms. The number of rotatable bonds is 1. The minimum Gasteiger partial charge on any atom is -0.396 e. The van der Waals surface area contributed by atoms with Crippen molar-refractivity contribution in [2.24, 2.45) is 5.73 Å². The summed E-state index contributed by atoms with van der Waals surface area (Å²) in [4.78, 5) is 11.0. The van der Waals surface area contributed by atoms with Crippen LogP contribution >= 0.6 is 27.5 Å². The topological polar surface area (TPSA) is 94.9 Å². The van der Waals surface area contributed by atoms with E-state index >= 15 is 0 Å². The molecule has 82 valence electrons. The first-order valence-electron chi connectivity index (χ1n) is 4.22. The zero-order valence-corrected chi connectivity index (χ0v) is 10.2. The van der Waals surface area contributed by atoms with Crippen LogP contribution in [0.1, 0.15) is 10.5 Å². The lowest BCUT2D eigenvalue weighted by molar-refractivity contribution is 0.0996. The lowest BCUT2D eigenvalue weighted by atomic mass is 10.1. The molecule has 5 nitrogen and oxygen atoms in total. The maximum absolute atomic E-state index is 11.0. The molecule has 7 heteroatoms. The van der Waals surface area contributed by atoms with Crippen molar-refractivity contribution >= 4 is 50.0 Å². The molecule has 4 N–H and O–H groups in total. The van der Waals surface area contributed by atoms with Gasteiger partial charge in [0, 0.05) is 5.39 Å². The normalized spacial score (nSPS) is 10.6.